The van der Waals surface area contributed by atoms with Gasteiger partial charge in [-0.25, -0.2) is 13.1 Å². The van der Waals surface area contributed by atoms with Gasteiger partial charge >= 0.3 is 0 Å². The minimum atomic E-state index is -3.77. The third-order valence-electron chi connectivity index (χ3n) is 2.45. The van der Waals surface area contributed by atoms with Crippen molar-refractivity contribution in [3.63, 3.8) is 0 Å². The van der Waals surface area contributed by atoms with Gasteiger partial charge in [0.2, 0.25) is 10.0 Å². The van der Waals surface area contributed by atoms with Gasteiger partial charge in [-0.1, -0.05) is 18.5 Å². The fourth-order valence-corrected chi connectivity index (χ4v) is 3.14. The molecule has 0 bridgehead atoms. The van der Waals surface area contributed by atoms with Gasteiger partial charge < -0.3 is 9.84 Å². The highest BCUT2D eigenvalue weighted by atomic mass is 35.5. The highest BCUT2D eigenvalue weighted by Gasteiger charge is 2.22. The SMILES string of the molecule is CC[C@H](CO)NS(=O)(=O)c1cc(Cl)ccc1OC. The van der Waals surface area contributed by atoms with Gasteiger partial charge in [-0.2, -0.15) is 0 Å². The first kappa shape index (κ1) is 15.2. The number of benzene rings is 1. The summed E-state index contributed by atoms with van der Waals surface area (Å²) in [6.45, 7) is 1.51. The second kappa shape index (κ2) is 6.38. The number of aliphatic hydroxyl groups is 1. The zero-order valence-corrected chi connectivity index (χ0v) is 11.8. The van der Waals surface area contributed by atoms with Crippen molar-refractivity contribution in [2.24, 2.45) is 0 Å². The molecule has 7 heteroatoms. The highest BCUT2D eigenvalue weighted by molar-refractivity contribution is 7.89. The number of ether oxygens (including phenoxy) is 1. The summed E-state index contributed by atoms with van der Waals surface area (Å²) in [4.78, 5) is -0.0376. The Morgan fingerprint density at radius 1 is 1.50 bits per heavy atom. The van der Waals surface area contributed by atoms with Crippen LogP contribution in [0.2, 0.25) is 5.02 Å². The molecule has 5 nitrogen and oxygen atoms in total. The summed E-state index contributed by atoms with van der Waals surface area (Å²) in [5.41, 5.74) is 0. The first-order chi connectivity index (χ1) is 8.44. The van der Waals surface area contributed by atoms with E-state index in [0.29, 0.717) is 11.4 Å². The summed E-state index contributed by atoms with van der Waals surface area (Å²) in [6.07, 6.45) is 0.485. The zero-order chi connectivity index (χ0) is 13.8. The number of nitrogens with one attached hydrogen (secondary N) is 1. The molecule has 0 unspecified atom stereocenters. The summed E-state index contributed by atoms with van der Waals surface area (Å²) in [7, 11) is -2.39. The van der Waals surface area contributed by atoms with E-state index >= 15 is 0 Å². The van der Waals surface area contributed by atoms with E-state index < -0.39 is 16.1 Å². The molecule has 0 aliphatic rings. The van der Waals surface area contributed by atoms with Crippen LogP contribution in [0.25, 0.3) is 0 Å². The monoisotopic (exact) mass is 293 g/mol. The van der Waals surface area contributed by atoms with Gasteiger partial charge in [0.1, 0.15) is 10.6 Å². The summed E-state index contributed by atoms with van der Waals surface area (Å²) >= 11 is 5.79. The average molecular weight is 294 g/mol. The Morgan fingerprint density at radius 3 is 2.67 bits per heavy atom. The van der Waals surface area contributed by atoms with Gasteiger partial charge in [-0.15, -0.1) is 0 Å². The van der Waals surface area contributed by atoms with Crippen LogP contribution in [0, 0.1) is 0 Å². The number of rotatable bonds is 6. The van der Waals surface area contributed by atoms with E-state index in [1.165, 1.54) is 19.2 Å². The molecular formula is C11H16ClNO4S. The fourth-order valence-electron chi connectivity index (χ4n) is 1.39. The number of aliphatic hydroxyl groups excluding tert-OH is 1. The van der Waals surface area contributed by atoms with Crippen molar-refractivity contribution in [2.45, 2.75) is 24.3 Å². The van der Waals surface area contributed by atoms with E-state index in [-0.39, 0.29) is 17.3 Å². The lowest BCUT2D eigenvalue weighted by molar-refractivity contribution is 0.253. The van der Waals surface area contributed by atoms with E-state index in [9.17, 15) is 8.42 Å². The average Bonchev–Trinajstić information content (AvgIpc) is 2.36. The molecule has 2 N–H and O–H groups in total. The van der Waals surface area contributed by atoms with Crippen molar-refractivity contribution < 1.29 is 18.3 Å². The third-order valence-corrected chi connectivity index (χ3v) is 4.23. The predicted octanol–water partition coefficient (Wildman–Crippen LogP) is 1.40. The van der Waals surface area contributed by atoms with Crippen molar-refractivity contribution in [2.75, 3.05) is 13.7 Å². The Hall–Kier alpha value is -0.820. The Kier molecular flexibility index (Phi) is 5.40. The van der Waals surface area contributed by atoms with E-state index in [1.807, 2.05) is 0 Å². The van der Waals surface area contributed by atoms with E-state index in [2.05, 4.69) is 4.72 Å². The standard InChI is InChI=1S/C11H16ClNO4S/c1-3-9(7-14)13-18(15,16)11-6-8(12)4-5-10(11)17-2/h4-6,9,13-14H,3,7H2,1-2H3/t9-/m1/s1. The lowest BCUT2D eigenvalue weighted by atomic mass is 10.3. The molecule has 18 heavy (non-hydrogen) atoms. The molecule has 0 saturated carbocycles. The maximum absolute atomic E-state index is 12.1. The molecule has 1 rings (SSSR count). The number of hydrogen-bond donors (Lipinski definition) is 2. The van der Waals surface area contributed by atoms with Crippen LogP contribution in [0.4, 0.5) is 0 Å². The molecule has 0 aliphatic carbocycles. The molecule has 1 aromatic rings. The van der Waals surface area contributed by atoms with E-state index in [4.69, 9.17) is 21.4 Å². The second-order valence-electron chi connectivity index (χ2n) is 3.70. The highest BCUT2D eigenvalue weighted by Crippen LogP contribution is 2.27. The quantitative estimate of drug-likeness (QED) is 0.831. The normalized spacial score (nSPS) is 13.3. The largest absolute Gasteiger partial charge is 0.495 e. The molecule has 0 saturated heterocycles. The van der Waals surface area contributed by atoms with Crippen molar-refractivity contribution >= 4 is 21.6 Å². The van der Waals surface area contributed by atoms with E-state index in [0.717, 1.165) is 0 Å². The maximum Gasteiger partial charge on any atom is 0.244 e. The van der Waals surface area contributed by atoms with E-state index in [1.54, 1.807) is 13.0 Å². The molecule has 102 valence electrons. The molecule has 0 radical (unpaired) electrons. The smallest absolute Gasteiger partial charge is 0.244 e. The summed E-state index contributed by atoms with van der Waals surface area (Å²) in [5, 5.41) is 9.33. The van der Waals surface area contributed by atoms with Gasteiger partial charge in [0.15, 0.2) is 0 Å². The third kappa shape index (κ3) is 3.58. The Bertz CT molecular complexity index is 500. The van der Waals surface area contributed by atoms with Crippen LogP contribution < -0.4 is 9.46 Å². The summed E-state index contributed by atoms with van der Waals surface area (Å²) in [6, 6.07) is 3.81. The lowest BCUT2D eigenvalue weighted by Crippen LogP contribution is -2.37. The number of sulfonamides is 1. The molecule has 0 fully saturated rings. The number of halogens is 1. The maximum atomic E-state index is 12.1. The number of hydrogen-bond acceptors (Lipinski definition) is 4. The molecule has 1 aromatic carbocycles. The van der Waals surface area contributed by atoms with Crippen molar-refractivity contribution in [1.82, 2.24) is 4.72 Å². The van der Waals surface area contributed by atoms with Crippen LogP contribution in [0.5, 0.6) is 5.75 Å². The van der Waals surface area contributed by atoms with Crippen LogP contribution in [0.15, 0.2) is 23.1 Å². The van der Waals surface area contributed by atoms with Crippen LogP contribution in [-0.2, 0) is 10.0 Å². The van der Waals surface area contributed by atoms with Crippen LogP contribution >= 0.6 is 11.6 Å². The minimum absolute atomic E-state index is 0.0376. The van der Waals surface area contributed by atoms with Crippen molar-refractivity contribution in [3.05, 3.63) is 23.2 Å². The fraction of sp³-hybridized carbons (Fsp3) is 0.455. The molecule has 0 aliphatic heterocycles. The van der Waals surface area contributed by atoms with Crippen LogP contribution in [-0.4, -0.2) is 33.3 Å². The Balaban J connectivity index is 3.15. The first-order valence-electron chi connectivity index (χ1n) is 5.41. The second-order valence-corrected chi connectivity index (χ2v) is 5.82. The zero-order valence-electron chi connectivity index (χ0n) is 10.2. The summed E-state index contributed by atoms with van der Waals surface area (Å²) in [5.74, 6) is 0.208. The minimum Gasteiger partial charge on any atom is -0.495 e. The number of methoxy groups -OCH3 is 1. The van der Waals surface area contributed by atoms with Crippen LogP contribution in [0.3, 0.4) is 0 Å². The molecule has 0 aromatic heterocycles. The van der Waals surface area contributed by atoms with Crippen molar-refractivity contribution in [3.8, 4) is 5.75 Å². The van der Waals surface area contributed by atoms with Gasteiger partial charge in [0.05, 0.1) is 13.7 Å². The molecular weight excluding hydrogens is 278 g/mol. The van der Waals surface area contributed by atoms with Crippen LogP contribution in [0.1, 0.15) is 13.3 Å². The predicted molar refractivity (Wildman–Crippen MR) is 69.5 cm³/mol. The van der Waals surface area contributed by atoms with Gasteiger partial charge in [-0.05, 0) is 24.6 Å². The molecule has 0 heterocycles. The Morgan fingerprint density at radius 2 is 2.17 bits per heavy atom. The Labute approximate surface area is 112 Å². The van der Waals surface area contributed by atoms with Gasteiger partial charge in [0.25, 0.3) is 0 Å². The van der Waals surface area contributed by atoms with Gasteiger partial charge in [-0.3, -0.25) is 0 Å². The molecule has 1 atom stereocenters. The van der Waals surface area contributed by atoms with Gasteiger partial charge in [0, 0.05) is 11.1 Å². The topological polar surface area (TPSA) is 75.6 Å². The lowest BCUT2D eigenvalue weighted by Gasteiger charge is -2.16. The van der Waals surface area contributed by atoms with Crippen molar-refractivity contribution in [1.29, 1.82) is 0 Å². The molecule has 0 spiro atoms. The molecule has 0 amide bonds. The first-order valence-corrected chi connectivity index (χ1v) is 7.27. The summed E-state index contributed by atoms with van der Waals surface area (Å²) < 4.78 is 31.7.